The van der Waals surface area contributed by atoms with E-state index in [1.54, 1.807) is 7.05 Å². The maximum absolute atomic E-state index is 9.78. The molecule has 0 aromatic heterocycles. The fourth-order valence-electron chi connectivity index (χ4n) is 0.363. The molecule has 0 fully saturated rings. The summed E-state index contributed by atoms with van der Waals surface area (Å²) in [6.45, 7) is 0. The van der Waals surface area contributed by atoms with Crippen molar-refractivity contribution < 1.29 is 4.92 Å². The molecule has 0 saturated heterocycles. The number of nitrogens with zero attached hydrogens (tertiary/aromatic N) is 2. The predicted molar refractivity (Wildman–Crippen MR) is 42.8 cm³/mol. The van der Waals surface area contributed by atoms with Gasteiger partial charge in [-0.15, -0.1) is 0 Å². The van der Waals surface area contributed by atoms with Crippen LogP contribution in [0.15, 0.2) is 29.0 Å². The van der Waals surface area contributed by atoms with E-state index in [0.717, 1.165) is 6.20 Å². The average Bonchev–Trinajstić information content (AvgIpc) is 1.97. The van der Waals surface area contributed by atoms with Gasteiger partial charge in [0.25, 0.3) is 0 Å². The molecule has 2 N–H and O–H groups in total. The minimum Gasteiger partial charge on any atom is -0.398 e. The standard InChI is InChI=1S/C6H9N3O2/c1-8-4-2-6(7)3-5-9(10)11/h2-5H,7H2,1H3/b5-3+,6-2?,8-4?. The molecule has 0 aliphatic rings. The molecule has 0 bridgehead atoms. The Bertz CT molecular complexity index is 218. The average molecular weight is 155 g/mol. The molecule has 0 aromatic carbocycles. The van der Waals surface area contributed by atoms with Crippen molar-refractivity contribution in [3.05, 3.63) is 34.2 Å². The molecule has 0 spiro atoms. The molecule has 0 heterocycles. The highest BCUT2D eigenvalue weighted by Crippen LogP contribution is 1.84. The Morgan fingerprint density at radius 3 is 2.82 bits per heavy atom. The monoisotopic (exact) mass is 155 g/mol. The van der Waals surface area contributed by atoms with E-state index < -0.39 is 4.92 Å². The van der Waals surface area contributed by atoms with Crippen molar-refractivity contribution in [1.29, 1.82) is 0 Å². The summed E-state index contributed by atoms with van der Waals surface area (Å²) < 4.78 is 0. The highest BCUT2D eigenvalue weighted by Gasteiger charge is 1.85. The summed E-state index contributed by atoms with van der Waals surface area (Å²) in [6, 6.07) is 0. The van der Waals surface area contributed by atoms with Crippen molar-refractivity contribution in [3.8, 4) is 0 Å². The second-order valence-electron chi connectivity index (χ2n) is 1.68. The first-order chi connectivity index (χ1) is 5.16. The molecule has 5 heteroatoms. The van der Waals surface area contributed by atoms with Crippen LogP contribution in [0.1, 0.15) is 0 Å². The van der Waals surface area contributed by atoms with Gasteiger partial charge in [0.05, 0.1) is 4.92 Å². The zero-order valence-corrected chi connectivity index (χ0v) is 6.10. The van der Waals surface area contributed by atoms with Crippen molar-refractivity contribution in [2.75, 3.05) is 7.05 Å². The van der Waals surface area contributed by atoms with E-state index in [2.05, 4.69) is 4.99 Å². The third-order valence-electron chi connectivity index (χ3n) is 0.805. The van der Waals surface area contributed by atoms with Gasteiger partial charge in [-0.1, -0.05) is 0 Å². The molecule has 0 unspecified atom stereocenters. The molecule has 0 amide bonds. The lowest BCUT2D eigenvalue weighted by Crippen LogP contribution is -1.94. The second-order valence-corrected chi connectivity index (χ2v) is 1.68. The summed E-state index contributed by atoms with van der Waals surface area (Å²) in [5.41, 5.74) is 5.59. The molecule has 0 aliphatic carbocycles. The molecular weight excluding hydrogens is 146 g/mol. The van der Waals surface area contributed by atoms with Crippen LogP contribution in [0.3, 0.4) is 0 Å². The minimum absolute atomic E-state index is 0.298. The van der Waals surface area contributed by atoms with Crippen molar-refractivity contribution in [1.82, 2.24) is 0 Å². The maximum atomic E-state index is 9.78. The quantitative estimate of drug-likeness (QED) is 0.276. The molecule has 0 saturated carbocycles. The highest BCUT2D eigenvalue weighted by molar-refractivity contribution is 5.72. The molecular formula is C6H9N3O2. The molecule has 0 aromatic rings. The van der Waals surface area contributed by atoms with Gasteiger partial charge in [0.15, 0.2) is 0 Å². The third-order valence-corrected chi connectivity index (χ3v) is 0.805. The van der Waals surface area contributed by atoms with Gasteiger partial charge >= 0.3 is 0 Å². The Balaban J connectivity index is 4.05. The van der Waals surface area contributed by atoms with E-state index in [4.69, 9.17) is 5.73 Å². The van der Waals surface area contributed by atoms with Crippen LogP contribution in [-0.4, -0.2) is 18.2 Å². The number of aliphatic imine (C=N–C) groups is 1. The summed E-state index contributed by atoms with van der Waals surface area (Å²) in [5.74, 6) is 0. The van der Waals surface area contributed by atoms with Crippen molar-refractivity contribution in [2.45, 2.75) is 0 Å². The molecule has 11 heavy (non-hydrogen) atoms. The number of hydrogen-bond acceptors (Lipinski definition) is 4. The van der Waals surface area contributed by atoms with E-state index in [1.165, 1.54) is 18.4 Å². The van der Waals surface area contributed by atoms with E-state index >= 15 is 0 Å². The summed E-state index contributed by atoms with van der Waals surface area (Å²) in [7, 11) is 1.58. The Morgan fingerprint density at radius 1 is 1.73 bits per heavy atom. The van der Waals surface area contributed by atoms with Crippen LogP contribution < -0.4 is 5.73 Å². The van der Waals surface area contributed by atoms with Crippen LogP contribution >= 0.6 is 0 Å². The Hall–Kier alpha value is -1.65. The fraction of sp³-hybridized carbons (Fsp3) is 0.167. The predicted octanol–water partition coefficient (Wildman–Crippen LogP) is 0.320. The molecule has 5 nitrogen and oxygen atoms in total. The third kappa shape index (κ3) is 6.23. The number of nitro groups is 1. The SMILES string of the molecule is CN=CC=C(N)/C=C/[N+](=O)[O-]. The largest absolute Gasteiger partial charge is 0.398 e. The van der Waals surface area contributed by atoms with Crippen LogP contribution in [0, 0.1) is 10.1 Å². The van der Waals surface area contributed by atoms with Crippen molar-refractivity contribution in [3.63, 3.8) is 0 Å². The van der Waals surface area contributed by atoms with Crippen molar-refractivity contribution >= 4 is 6.21 Å². The second kappa shape index (κ2) is 5.16. The number of rotatable bonds is 3. The molecule has 0 radical (unpaired) electrons. The first kappa shape index (κ1) is 9.35. The number of allylic oxidation sites excluding steroid dienone is 2. The van der Waals surface area contributed by atoms with Crippen LogP contribution in [0.2, 0.25) is 0 Å². The lowest BCUT2D eigenvalue weighted by atomic mass is 10.4. The van der Waals surface area contributed by atoms with Crippen LogP contribution in [0.5, 0.6) is 0 Å². The topological polar surface area (TPSA) is 81.5 Å². The highest BCUT2D eigenvalue weighted by atomic mass is 16.6. The number of nitrogens with two attached hydrogens (primary N) is 1. The van der Waals surface area contributed by atoms with E-state index in [9.17, 15) is 10.1 Å². The van der Waals surface area contributed by atoms with Gasteiger partial charge in [-0.3, -0.25) is 15.1 Å². The maximum Gasteiger partial charge on any atom is 0.236 e. The van der Waals surface area contributed by atoms with E-state index in [1.807, 2.05) is 0 Å². The summed E-state index contributed by atoms with van der Waals surface area (Å²) in [4.78, 5) is 12.8. The smallest absolute Gasteiger partial charge is 0.236 e. The van der Waals surface area contributed by atoms with Crippen LogP contribution in [0.25, 0.3) is 0 Å². The fourth-order valence-corrected chi connectivity index (χ4v) is 0.363. The molecule has 0 aliphatic heterocycles. The molecule has 0 rings (SSSR count). The number of hydrogen-bond donors (Lipinski definition) is 1. The Kier molecular flexibility index (Phi) is 4.39. The lowest BCUT2D eigenvalue weighted by Gasteiger charge is -1.84. The first-order valence-electron chi connectivity index (χ1n) is 2.86. The van der Waals surface area contributed by atoms with Gasteiger partial charge in [0, 0.05) is 25.0 Å². The van der Waals surface area contributed by atoms with Gasteiger partial charge in [-0.2, -0.15) is 0 Å². The zero-order valence-electron chi connectivity index (χ0n) is 6.10. The molecule has 60 valence electrons. The normalized spacial score (nSPS) is 13.0. The van der Waals surface area contributed by atoms with Gasteiger partial charge < -0.3 is 5.73 Å². The van der Waals surface area contributed by atoms with Gasteiger partial charge in [-0.05, 0) is 6.08 Å². The minimum atomic E-state index is -0.580. The van der Waals surface area contributed by atoms with Crippen molar-refractivity contribution in [2.24, 2.45) is 10.7 Å². The van der Waals surface area contributed by atoms with Gasteiger partial charge in [-0.25, -0.2) is 0 Å². The summed E-state index contributed by atoms with van der Waals surface area (Å²) >= 11 is 0. The Labute approximate surface area is 64.1 Å². The summed E-state index contributed by atoms with van der Waals surface area (Å²) in [6.07, 6.45) is 4.90. The van der Waals surface area contributed by atoms with Gasteiger partial charge in [0.1, 0.15) is 0 Å². The van der Waals surface area contributed by atoms with E-state index in [0.29, 0.717) is 5.70 Å². The van der Waals surface area contributed by atoms with Crippen LogP contribution in [0.4, 0.5) is 0 Å². The lowest BCUT2D eigenvalue weighted by molar-refractivity contribution is -0.402. The van der Waals surface area contributed by atoms with E-state index in [-0.39, 0.29) is 0 Å². The first-order valence-corrected chi connectivity index (χ1v) is 2.86. The van der Waals surface area contributed by atoms with Gasteiger partial charge in [0.2, 0.25) is 6.20 Å². The molecule has 0 atom stereocenters. The Morgan fingerprint density at radius 2 is 2.36 bits per heavy atom. The summed E-state index contributed by atoms with van der Waals surface area (Å²) in [5, 5.41) is 9.78. The van der Waals surface area contributed by atoms with Crippen LogP contribution in [-0.2, 0) is 0 Å². The zero-order chi connectivity index (χ0) is 8.69.